The van der Waals surface area contributed by atoms with E-state index >= 15 is 0 Å². The summed E-state index contributed by atoms with van der Waals surface area (Å²) in [7, 11) is 0. The van der Waals surface area contributed by atoms with Gasteiger partial charge >= 0.3 is 5.97 Å². The molecule has 0 saturated heterocycles. The van der Waals surface area contributed by atoms with E-state index in [-0.39, 0.29) is 22.9 Å². The first-order chi connectivity index (χ1) is 18.6. The Morgan fingerprint density at radius 2 is 1.45 bits per heavy atom. The smallest absolute Gasteiger partial charge is 0.302 e. The molecule has 5 rings (SSSR count). The highest BCUT2D eigenvalue weighted by Crippen LogP contribution is 2.77. The molecule has 0 aromatic carbocycles. The molecule has 10 atom stereocenters. The highest BCUT2D eigenvalue weighted by Gasteiger charge is 2.71. The van der Waals surface area contributed by atoms with Gasteiger partial charge in [-0.15, -0.1) is 0 Å². The van der Waals surface area contributed by atoms with Crippen LogP contribution in [0.15, 0.2) is 24.5 Å². The second-order valence-corrected chi connectivity index (χ2v) is 16.0. The average molecular weight is 555 g/mol. The topological polar surface area (TPSA) is 35.5 Å². The van der Waals surface area contributed by atoms with Crippen LogP contribution in [-0.2, 0) is 14.3 Å². The molecule has 3 heteroatoms. The van der Waals surface area contributed by atoms with Crippen LogP contribution in [0.2, 0.25) is 0 Å². The summed E-state index contributed by atoms with van der Waals surface area (Å²) < 4.78 is 12.2. The molecule has 0 aromatic rings. The summed E-state index contributed by atoms with van der Waals surface area (Å²) in [5, 5.41) is 0. The molecule has 3 nitrogen and oxygen atoms in total. The van der Waals surface area contributed by atoms with Crippen LogP contribution in [0.1, 0.15) is 133 Å². The molecule has 228 valence electrons. The number of esters is 1. The average Bonchev–Trinajstić information content (AvgIpc) is 3.26. The molecular weight excluding hydrogens is 492 g/mol. The second-order valence-electron chi connectivity index (χ2n) is 16.0. The Bertz CT molecular complexity index is 995. The minimum atomic E-state index is -0.124. The number of hydrogen-bond acceptors (Lipinski definition) is 3. The maximum atomic E-state index is 11.9. The largest absolute Gasteiger partial charge is 0.495 e. The van der Waals surface area contributed by atoms with E-state index in [4.69, 9.17) is 9.47 Å². The van der Waals surface area contributed by atoms with Gasteiger partial charge in [0.15, 0.2) is 0 Å². The van der Waals surface area contributed by atoms with Crippen molar-refractivity contribution in [3.8, 4) is 0 Å². The van der Waals surface area contributed by atoms with E-state index in [1.807, 2.05) is 20.8 Å². The molecule has 5 fully saturated rings. The summed E-state index contributed by atoms with van der Waals surface area (Å²) in [6, 6.07) is 0. The van der Waals surface area contributed by atoms with E-state index in [1.54, 1.807) is 6.92 Å². The molecule has 0 bridgehead atoms. The molecule has 0 aromatic heterocycles. The van der Waals surface area contributed by atoms with Crippen LogP contribution in [0.4, 0.5) is 0 Å². The summed E-state index contributed by atoms with van der Waals surface area (Å²) in [5.74, 6) is 4.03. The van der Waals surface area contributed by atoms with E-state index in [0.717, 1.165) is 18.1 Å². The highest BCUT2D eigenvalue weighted by atomic mass is 16.5. The first-order valence-electron chi connectivity index (χ1n) is 16.7. The SMILES string of the molecule is C=C(C)OC1CCC2(C)C(CCC3(C)C2CCC2C4[C@H](C(=C)C)CCC4(COC(C)=O)CC[C@]23C)C1(C)C.CC. The molecule has 5 aliphatic carbocycles. The van der Waals surface area contributed by atoms with Crippen LogP contribution >= 0.6 is 0 Å². The number of ether oxygens (including phenoxy) is 2. The second kappa shape index (κ2) is 10.8. The fourth-order valence-corrected chi connectivity index (χ4v) is 12.2. The summed E-state index contributed by atoms with van der Waals surface area (Å²) >= 11 is 0. The Labute approximate surface area is 247 Å². The first kappa shape index (κ1) is 31.7. The standard InChI is InChI=1S/C35H56O3.C2H6/c1-22(2)25-13-18-35(21-37-24(5)36)20-19-33(9)26(30(25)35)11-12-28-32(8)16-15-29(38-23(3)4)31(6,7)27(32)14-17-34(28,33)10;1-2/h25-30H,1,3,11-21H2,2,4-10H3;1-2H3/t25-,26?,27?,28?,29?,30?,32?,33+,34?,35?;/m0./s1. The lowest BCUT2D eigenvalue weighted by molar-refractivity contribution is -0.251. The Balaban J connectivity index is 0.00000181. The Kier molecular flexibility index (Phi) is 8.54. The van der Waals surface area contributed by atoms with Crippen LogP contribution in [0.3, 0.4) is 0 Å². The third kappa shape index (κ3) is 4.54. The van der Waals surface area contributed by atoms with Gasteiger partial charge in [-0.3, -0.25) is 4.79 Å². The summed E-state index contributed by atoms with van der Waals surface area (Å²) in [6.07, 6.45) is 12.9. The van der Waals surface area contributed by atoms with Crippen LogP contribution < -0.4 is 0 Å². The molecule has 0 heterocycles. The summed E-state index contributed by atoms with van der Waals surface area (Å²) in [6.45, 7) is 32.1. The number of carbonyl (C=O) groups is 1. The molecule has 40 heavy (non-hydrogen) atoms. The maximum Gasteiger partial charge on any atom is 0.302 e. The number of rotatable bonds is 5. The van der Waals surface area contributed by atoms with Crippen molar-refractivity contribution in [2.75, 3.05) is 6.61 Å². The Hall–Kier alpha value is -1.25. The van der Waals surface area contributed by atoms with Crippen LogP contribution in [-0.4, -0.2) is 18.7 Å². The number of fused-ring (bicyclic) bond motifs is 7. The third-order valence-electron chi connectivity index (χ3n) is 14.1. The summed E-state index contributed by atoms with van der Waals surface area (Å²) in [4.78, 5) is 11.9. The van der Waals surface area contributed by atoms with Gasteiger partial charge in [-0.25, -0.2) is 0 Å². The van der Waals surface area contributed by atoms with E-state index in [9.17, 15) is 4.79 Å². The molecule has 5 aliphatic rings. The van der Waals surface area contributed by atoms with Gasteiger partial charge in [-0.2, -0.15) is 0 Å². The van der Waals surface area contributed by atoms with Crippen molar-refractivity contribution in [2.45, 2.75) is 140 Å². The lowest BCUT2D eigenvalue weighted by Crippen LogP contribution is -2.67. The minimum absolute atomic E-state index is 0.124. The predicted octanol–water partition coefficient (Wildman–Crippen LogP) is 10.2. The fourth-order valence-electron chi connectivity index (χ4n) is 12.2. The number of allylic oxidation sites excluding steroid dienone is 2. The summed E-state index contributed by atoms with van der Waals surface area (Å²) in [5.41, 5.74) is 2.67. The zero-order chi connectivity index (χ0) is 29.9. The molecule has 8 unspecified atom stereocenters. The molecular formula is C37H62O3. The quantitative estimate of drug-likeness (QED) is 0.193. The van der Waals surface area contributed by atoms with Crippen LogP contribution in [0.25, 0.3) is 0 Å². The van der Waals surface area contributed by atoms with Crippen molar-refractivity contribution in [3.63, 3.8) is 0 Å². The van der Waals surface area contributed by atoms with Gasteiger partial charge in [0.25, 0.3) is 0 Å². The zero-order valence-electron chi connectivity index (χ0n) is 27.9. The van der Waals surface area contributed by atoms with E-state index in [0.29, 0.717) is 46.5 Å². The zero-order valence-corrected chi connectivity index (χ0v) is 27.9. The van der Waals surface area contributed by atoms with Crippen molar-refractivity contribution in [1.29, 1.82) is 0 Å². The number of hydrogen-bond donors (Lipinski definition) is 0. The van der Waals surface area contributed by atoms with E-state index in [2.05, 4.69) is 54.7 Å². The lowest BCUT2D eigenvalue weighted by atomic mass is 9.32. The maximum absolute atomic E-state index is 11.9. The van der Waals surface area contributed by atoms with Crippen molar-refractivity contribution in [1.82, 2.24) is 0 Å². The van der Waals surface area contributed by atoms with Gasteiger partial charge in [-0.05, 0) is 124 Å². The van der Waals surface area contributed by atoms with E-state index < -0.39 is 0 Å². The van der Waals surface area contributed by atoms with Crippen molar-refractivity contribution in [2.24, 2.45) is 56.7 Å². The van der Waals surface area contributed by atoms with Gasteiger partial charge in [-0.1, -0.05) is 67.2 Å². The molecule has 0 N–H and O–H groups in total. The molecule has 5 saturated carbocycles. The van der Waals surface area contributed by atoms with Crippen molar-refractivity contribution in [3.05, 3.63) is 24.5 Å². The van der Waals surface area contributed by atoms with Crippen LogP contribution in [0.5, 0.6) is 0 Å². The normalized spacial score (nSPS) is 46.8. The van der Waals surface area contributed by atoms with Gasteiger partial charge in [0, 0.05) is 17.8 Å². The monoisotopic (exact) mass is 554 g/mol. The first-order valence-corrected chi connectivity index (χ1v) is 16.7. The lowest BCUT2D eigenvalue weighted by Gasteiger charge is -2.73. The molecule has 0 amide bonds. The molecule has 0 spiro atoms. The van der Waals surface area contributed by atoms with Gasteiger partial charge in [0.05, 0.1) is 12.4 Å². The number of carbonyl (C=O) groups excluding carboxylic acids is 1. The highest BCUT2D eigenvalue weighted by molar-refractivity contribution is 5.65. The van der Waals surface area contributed by atoms with Crippen LogP contribution in [0, 0.1) is 56.7 Å². The fraction of sp³-hybridized carbons (Fsp3) is 0.865. The van der Waals surface area contributed by atoms with Gasteiger partial charge < -0.3 is 9.47 Å². The Morgan fingerprint density at radius 1 is 0.775 bits per heavy atom. The third-order valence-corrected chi connectivity index (χ3v) is 14.1. The minimum Gasteiger partial charge on any atom is -0.495 e. The molecule has 0 aliphatic heterocycles. The van der Waals surface area contributed by atoms with Crippen molar-refractivity contribution < 1.29 is 14.3 Å². The molecule has 0 radical (unpaired) electrons. The van der Waals surface area contributed by atoms with E-state index in [1.165, 1.54) is 63.4 Å². The predicted molar refractivity (Wildman–Crippen MR) is 167 cm³/mol. The Morgan fingerprint density at radius 3 is 2.05 bits per heavy atom. The van der Waals surface area contributed by atoms with Crippen molar-refractivity contribution >= 4 is 5.97 Å². The van der Waals surface area contributed by atoms with Gasteiger partial charge in [0.2, 0.25) is 0 Å². The van der Waals surface area contributed by atoms with Gasteiger partial charge in [0.1, 0.15) is 6.10 Å².